The summed E-state index contributed by atoms with van der Waals surface area (Å²) >= 11 is 7.49. The van der Waals surface area contributed by atoms with Crippen LogP contribution in [0.2, 0.25) is 5.02 Å². The number of pyridine rings is 1. The van der Waals surface area contributed by atoms with Gasteiger partial charge in [0, 0.05) is 37.1 Å². The number of rotatable bonds is 2. The Labute approximate surface area is 155 Å². The fourth-order valence-electron chi connectivity index (χ4n) is 3.22. The summed E-state index contributed by atoms with van der Waals surface area (Å²) in [4.78, 5) is 22.3. The molecule has 1 saturated heterocycles. The van der Waals surface area contributed by atoms with E-state index in [1.165, 1.54) is 10.1 Å². The lowest BCUT2D eigenvalue weighted by atomic mass is 10.1. The summed E-state index contributed by atoms with van der Waals surface area (Å²) in [7, 11) is 0. The fraction of sp³-hybridized carbons (Fsp3) is 0.263. The van der Waals surface area contributed by atoms with E-state index in [0.717, 1.165) is 29.3 Å². The highest BCUT2D eigenvalue weighted by molar-refractivity contribution is 7.21. The molecule has 128 valence electrons. The lowest BCUT2D eigenvalue weighted by molar-refractivity contribution is 0.0751. The Balaban J connectivity index is 1.49. The molecule has 0 aliphatic carbocycles. The van der Waals surface area contributed by atoms with E-state index in [-0.39, 0.29) is 5.91 Å². The number of hydrogen-bond donors (Lipinski definition) is 0. The topological polar surface area (TPSA) is 36.4 Å². The van der Waals surface area contributed by atoms with Gasteiger partial charge in [0.25, 0.3) is 5.91 Å². The van der Waals surface area contributed by atoms with Crippen molar-refractivity contribution in [2.45, 2.75) is 6.92 Å². The maximum atomic E-state index is 13.0. The van der Waals surface area contributed by atoms with Crippen molar-refractivity contribution in [3.63, 3.8) is 0 Å². The summed E-state index contributed by atoms with van der Waals surface area (Å²) in [5, 5.41) is 1.82. The quantitative estimate of drug-likeness (QED) is 0.676. The van der Waals surface area contributed by atoms with E-state index >= 15 is 0 Å². The Morgan fingerprint density at radius 3 is 2.56 bits per heavy atom. The number of aromatic nitrogens is 1. The second kappa shape index (κ2) is 6.65. The van der Waals surface area contributed by atoms with Crippen LogP contribution in [0.5, 0.6) is 0 Å². The van der Waals surface area contributed by atoms with Gasteiger partial charge in [0.15, 0.2) is 0 Å². The number of nitrogens with zero attached hydrogens (tertiary/aromatic N) is 3. The van der Waals surface area contributed by atoms with Gasteiger partial charge in [0.05, 0.1) is 9.90 Å². The molecule has 3 heterocycles. The van der Waals surface area contributed by atoms with E-state index in [1.54, 1.807) is 17.5 Å². The van der Waals surface area contributed by atoms with E-state index in [4.69, 9.17) is 11.6 Å². The molecule has 2 aromatic heterocycles. The molecule has 1 amide bonds. The first kappa shape index (κ1) is 16.4. The number of carbonyl (C=O) groups is 1. The van der Waals surface area contributed by atoms with Crippen molar-refractivity contribution in [3.8, 4) is 0 Å². The van der Waals surface area contributed by atoms with Gasteiger partial charge in [0.1, 0.15) is 5.82 Å². The van der Waals surface area contributed by atoms with Gasteiger partial charge in [-0.25, -0.2) is 4.98 Å². The Bertz CT molecular complexity index is 914. The molecule has 0 unspecified atom stereocenters. The van der Waals surface area contributed by atoms with Crippen LogP contribution >= 0.6 is 22.9 Å². The molecule has 0 saturated carbocycles. The van der Waals surface area contributed by atoms with Crippen LogP contribution in [0.1, 0.15) is 15.2 Å². The van der Waals surface area contributed by atoms with Crippen LogP contribution in [0.3, 0.4) is 0 Å². The SMILES string of the molecule is Cc1c(C(=O)N2CCN(c3ccc(Cl)cn3)CC2)sc2ccccc12. The lowest BCUT2D eigenvalue weighted by Gasteiger charge is -2.35. The molecular weight excluding hydrogens is 354 g/mol. The third-order valence-electron chi connectivity index (χ3n) is 4.64. The van der Waals surface area contributed by atoms with E-state index < -0.39 is 0 Å². The maximum absolute atomic E-state index is 13.0. The van der Waals surface area contributed by atoms with Crippen molar-refractivity contribution in [1.82, 2.24) is 9.88 Å². The van der Waals surface area contributed by atoms with Gasteiger partial charge in [-0.15, -0.1) is 11.3 Å². The van der Waals surface area contributed by atoms with E-state index in [9.17, 15) is 4.79 Å². The minimum atomic E-state index is 0.141. The van der Waals surface area contributed by atoms with Crippen LogP contribution in [0.15, 0.2) is 42.6 Å². The zero-order valence-electron chi connectivity index (χ0n) is 13.9. The summed E-state index contributed by atoms with van der Waals surface area (Å²) in [5.74, 6) is 1.05. The lowest BCUT2D eigenvalue weighted by Crippen LogP contribution is -2.49. The Hall–Kier alpha value is -2.11. The van der Waals surface area contributed by atoms with Crippen molar-refractivity contribution >= 4 is 44.7 Å². The van der Waals surface area contributed by atoms with Crippen LogP contribution < -0.4 is 4.90 Å². The number of thiophene rings is 1. The highest BCUT2D eigenvalue weighted by Crippen LogP contribution is 2.31. The normalized spacial score (nSPS) is 15.0. The molecule has 0 atom stereocenters. The third-order valence-corrected chi connectivity index (χ3v) is 6.12. The zero-order valence-corrected chi connectivity index (χ0v) is 15.5. The van der Waals surface area contributed by atoms with Crippen molar-refractivity contribution in [1.29, 1.82) is 0 Å². The number of benzene rings is 1. The van der Waals surface area contributed by atoms with E-state index in [2.05, 4.69) is 22.0 Å². The molecule has 1 fully saturated rings. The highest BCUT2D eigenvalue weighted by Gasteiger charge is 2.25. The average Bonchev–Trinajstić information content (AvgIpc) is 2.99. The Morgan fingerprint density at radius 1 is 1.12 bits per heavy atom. The highest BCUT2D eigenvalue weighted by atomic mass is 35.5. The maximum Gasteiger partial charge on any atom is 0.264 e. The third kappa shape index (κ3) is 3.10. The number of anilines is 1. The second-order valence-corrected chi connectivity index (χ2v) is 7.65. The smallest absolute Gasteiger partial charge is 0.264 e. The van der Waals surface area contributed by atoms with Gasteiger partial charge in [-0.2, -0.15) is 0 Å². The standard InChI is InChI=1S/C19H18ClN3OS/c1-13-15-4-2-3-5-16(15)25-18(13)19(24)23-10-8-22(9-11-23)17-7-6-14(20)12-21-17/h2-7,12H,8-11H2,1H3. The van der Waals surface area contributed by atoms with Crippen LogP contribution in [-0.2, 0) is 0 Å². The zero-order chi connectivity index (χ0) is 17.4. The number of carbonyl (C=O) groups excluding carboxylic acids is 1. The Kier molecular flexibility index (Phi) is 4.36. The summed E-state index contributed by atoms with van der Waals surface area (Å²) in [6.45, 7) is 5.02. The summed E-state index contributed by atoms with van der Waals surface area (Å²) in [6, 6.07) is 12.0. The second-order valence-electron chi connectivity index (χ2n) is 6.17. The Morgan fingerprint density at radius 2 is 1.88 bits per heavy atom. The number of piperazine rings is 1. The average molecular weight is 372 g/mol. The number of fused-ring (bicyclic) bond motifs is 1. The van der Waals surface area contributed by atoms with Gasteiger partial charge in [-0.05, 0) is 36.1 Å². The first-order valence-electron chi connectivity index (χ1n) is 8.27. The van der Waals surface area contributed by atoms with Gasteiger partial charge in [0.2, 0.25) is 0 Å². The fourth-order valence-corrected chi connectivity index (χ4v) is 4.50. The van der Waals surface area contributed by atoms with Gasteiger partial charge in [-0.3, -0.25) is 4.79 Å². The predicted octanol–water partition coefficient (Wildman–Crippen LogP) is 4.22. The molecule has 1 aliphatic heterocycles. The molecule has 6 heteroatoms. The van der Waals surface area contributed by atoms with Gasteiger partial charge in [-0.1, -0.05) is 29.8 Å². The molecule has 1 aliphatic rings. The minimum Gasteiger partial charge on any atom is -0.353 e. The summed E-state index contributed by atoms with van der Waals surface area (Å²) in [6.07, 6.45) is 1.66. The predicted molar refractivity (Wildman–Crippen MR) is 104 cm³/mol. The van der Waals surface area contributed by atoms with Crippen molar-refractivity contribution in [3.05, 3.63) is 58.1 Å². The van der Waals surface area contributed by atoms with Gasteiger partial charge >= 0.3 is 0 Å². The van der Waals surface area contributed by atoms with E-state index in [1.807, 2.05) is 36.1 Å². The van der Waals surface area contributed by atoms with Crippen molar-refractivity contribution < 1.29 is 4.79 Å². The number of amides is 1. The number of halogens is 1. The van der Waals surface area contributed by atoms with E-state index in [0.29, 0.717) is 18.1 Å². The molecule has 1 aromatic carbocycles. The summed E-state index contributed by atoms with van der Waals surface area (Å²) in [5.41, 5.74) is 1.09. The van der Waals surface area contributed by atoms with Crippen LogP contribution in [0, 0.1) is 6.92 Å². The molecular formula is C19H18ClN3OS. The molecule has 4 nitrogen and oxygen atoms in total. The number of hydrogen-bond acceptors (Lipinski definition) is 4. The van der Waals surface area contributed by atoms with Crippen molar-refractivity contribution in [2.75, 3.05) is 31.1 Å². The van der Waals surface area contributed by atoms with Crippen LogP contribution in [-0.4, -0.2) is 42.0 Å². The molecule has 0 spiro atoms. The molecule has 25 heavy (non-hydrogen) atoms. The molecule has 0 N–H and O–H groups in total. The first-order chi connectivity index (χ1) is 12.1. The molecule has 3 aromatic rings. The minimum absolute atomic E-state index is 0.141. The first-order valence-corrected chi connectivity index (χ1v) is 9.47. The number of aryl methyl sites for hydroxylation is 1. The van der Waals surface area contributed by atoms with Crippen LogP contribution in [0.4, 0.5) is 5.82 Å². The molecule has 0 bridgehead atoms. The largest absolute Gasteiger partial charge is 0.353 e. The van der Waals surface area contributed by atoms with Crippen LogP contribution in [0.25, 0.3) is 10.1 Å². The molecule has 4 rings (SSSR count). The van der Waals surface area contributed by atoms with Crippen molar-refractivity contribution in [2.24, 2.45) is 0 Å². The van der Waals surface area contributed by atoms with Gasteiger partial charge < -0.3 is 9.80 Å². The summed E-state index contributed by atoms with van der Waals surface area (Å²) < 4.78 is 1.17. The monoisotopic (exact) mass is 371 g/mol. The molecule has 0 radical (unpaired) electrons.